The second kappa shape index (κ2) is 3.12. The number of oxime groups is 1. The standard InChI is InChI=1S/C7H14N4O2/c1-7(5(8)12)2-3-11(4-7)6(9)10-13/h13H,2-4H2,1H3,(H2,8,12)(H2,9,10). The Morgan fingerprint density at radius 3 is 2.62 bits per heavy atom. The molecule has 0 aromatic rings. The number of primary amides is 1. The summed E-state index contributed by atoms with van der Waals surface area (Å²) < 4.78 is 0. The normalized spacial score (nSPS) is 29.3. The van der Waals surface area contributed by atoms with E-state index in [0.717, 1.165) is 0 Å². The number of nitrogens with two attached hydrogens (primary N) is 2. The van der Waals surface area contributed by atoms with Gasteiger partial charge in [-0.15, -0.1) is 0 Å². The Labute approximate surface area is 76.2 Å². The van der Waals surface area contributed by atoms with Gasteiger partial charge < -0.3 is 21.6 Å². The first-order chi connectivity index (χ1) is 5.99. The SMILES string of the molecule is CC1(C(N)=O)CCN(C(N)=NO)C1. The number of carbonyl (C=O) groups is 1. The summed E-state index contributed by atoms with van der Waals surface area (Å²) in [5.74, 6) is -0.314. The van der Waals surface area contributed by atoms with Crippen molar-refractivity contribution in [3.05, 3.63) is 0 Å². The minimum absolute atomic E-state index is 0.0324. The molecule has 1 amide bonds. The van der Waals surface area contributed by atoms with E-state index in [1.165, 1.54) is 0 Å². The van der Waals surface area contributed by atoms with E-state index >= 15 is 0 Å². The number of likely N-dealkylation sites (tertiary alicyclic amines) is 1. The van der Waals surface area contributed by atoms with Gasteiger partial charge in [0, 0.05) is 13.1 Å². The average Bonchev–Trinajstić information content (AvgIpc) is 2.48. The molecule has 0 radical (unpaired) electrons. The summed E-state index contributed by atoms with van der Waals surface area (Å²) in [5.41, 5.74) is 10.0. The number of hydrogen-bond donors (Lipinski definition) is 3. The van der Waals surface area contributed by atoms with Crippen LogP contribution in [0.3, 0.4) is 0 Å². The van der Waals surface area contributed by atoms with Gasteiger partial charge in [0.25, 0.3) is 0 Å². The molecule has 0 saturated carbocycles. The lowest BCUT2D eigenvalue weighted by Gasteiger charge is -2.20. The molecule has 1 unspecified atom stereocenters. The average molecular weight is 186 g/mol. The zero-order valence-electron chi connectivity index (χ0n) is 7.53. The topological polar surface area (TPSA) is 105 Å². The largest absolute Gasteiger partial charge is 0.408 e. The van der Waals surface area contributed by atoms with E-state index in [9.17, 15) is 4.79 Å². The van der Waals surface area contributed by atoms with Gasteiger partial charge in [-0.25, -0.2) is 0 Å². The lowest BCUT2D eigenvalue weighted by atomic mass is 9.89. The fraction of sp³-hybridized carbons (Fsp3) is 0.714. The number of nitrogens with zero attached hydrogens (tertiary/aromatic N) is 2. The fourth-order valence-corrected chi connectivity index (χ4v) is 1.42. The van der Waals surface area contributed by atoms with Crippen LogP contribution in [-0.4, -0.2) is 35.1 Å². The maximum absolute atomic E-state index is 11.0. The summed E-state index contributed by atoms with van der Waals surface area (Å²) >= 11 is 0. The van der Waals surface area contributed by atoms with Crippen LogP contribution in [0, 0.1) is 5.41 Å². The van der Waals surface area contributed by atoms with Crippen molar-refractivity contribution in [3.8, 4) is 0 Å². The summed E-state index contributed by atoms with van der Waals surface area (Å²) in [6.45, 7) is 2.79. The highest BCUT2D eigenvalue weighted by Gasteiger charge is 2.39. The van der Waals surface area contributed by atoms with Crippen molar-refractivity contribution in [2.45, 2.75) is 13.3 Å². The third-order valence-corrected chi connectivity index (χ3v) is 2.49. The highest BCUT2D eigenvalue weighted by atomic mass is 16.4. The molecule has 13 heavy (non-hydrogen) atoms. The van der Waals surface area contributed by atoms with Crippen molar-refractivity contribution in [1.29, 1.82) is 0 Å². The van der Waals surface area contributed by atoms with Crippen LogP contribution < -0.4 is 11.5 Å². The molecule has 1 rings (SSSR count). The Balaban J connectivity index is 2.69. The first-order valence-corrected chi connectivity index (χ1v) is 4.02. The molecule has 0 aromatic carbocycles. The van der Waals surface area contributed by atoms with E-state index in [0.29, 0.717) is 19.5 Å². The van der Waals surface area contributed by atoms with E-state index in [-0.39, 0.29) is 11.9 Å². The molecule has 0 spiro atoms. The monoisotopic (exact) mass is 186 g/mol. The highest BCUT2D eigenvalue weighted by molar-refractivity contribution is 5.84. The molecule has 74 valence electrons. The van der Waals surface area contributed by atoms with Crippen molar-refractivity contribution in [1.82, 2.24) is 4.90 Å². The maximum Gasteiger partial charge on any atom is 0.233 e. The Morgan fingerprint density at radius 2 is 2.23 bits per heavy atom. The number of hydrogen-bond acceptors (Lipinski definition) is 3. The van der Waals surface area contributed by atoms with Gasteiger partial charge in [0.1, 0.15) is 0 Å². The Kier molecular flexibility index (Phi) is 2.31. The third kappa shape index (κ3) is 1.66. The molecule has 0 aromatic heterocycles. The van der Waals surface area contributed by atoms with Crippen LogP contribution in [0.4, 0.5) is 0 Å². The summed E-state index contributed by atoms with van der Waals surface area (Å²) in [6, 6.07) is 0. The smallest absolute Gasteiger partial charge is 0.233 e. The van der Waals surface area contributed by atoms with Crippen molar-refractivity contribution >= 4 is 11.9 Å². The van der Waals surface area contributed by atoms with Gasteiger partial charge in [0.15, 0.2) is 0 Å². The van der Waals surface area contributed by atoms with Crippen molar-refractivity contribution in [2.75, 3.05) is 13.1 Å². The predicted octanol–water partition coefficient (Wildman–Crippen LogP) is -1.11. The van der Waals surface area contributed by atoms with Crippen LogP contribution in [0.1, 0.15) is 13.3 Å². The molecule has 6 heteroatoms. The van der Waals surface area contributed by atoms with E-state index in [4.69, 9.17) is 16.7 Å². The molecular formula is C7H14N4O2. The second-order valence-electron chi connectivity index (χ2n) is 3.55. The molecular weight excluding hydrogens is 172 g/mol. The first-order valence-electron chi connectivity index (χ1n) is 4.02. The van der Waals surface area contributed by atoms with Gasteiger partial charge in [-0.1, -0.05) is 5.16 Å². The van der Waals surface area contributed by atoms with Gasteiger partial charge in [0.05, 0.1) is 5.41 Å². The molecule has 1 atom stereocenters. The fourth-order valence-electron chi connectivity index (χ4n) is 1.42. The number of amides is 1. The van der Waals surface area contributed by atoms with Crippen molar-refractivity contribution in [3.63, 3.8) is 0 Å². The van der Waals surface area contributed by atoms with Crippen LogP contribution in [-0.2, 0) is 4.79 Å². The summed E-state index contributed by atoms with van der Waals surface area (Å²) in [7, 11) is 0. The number of rotatable bonds is 1. The molecule has 0 aliphatic carbocycles. The van der Waals surface area contributed by atoms with Gasteiger partial charge in [-0.2, -0.15) is 0 Å². The van der Waals surface area contributed by atoms with Gasteiger partial charge >= 0.3 is 0 Å². The Morgan fingerprint density at radius 1 is 1.62 bits per heavy atom. The van der Waals surface area contributed by atoms with E-state index in [2.05, 4.69) is 5.16 Å². The quantitative estimate of drug-likeness (QED) is 0.209. The van der Waals surface area contributed by atoms with E-state index in [1.54, 1.807) is 11.8 Å². The van der Waals surface area contributed by atoms with Gasteiger partial charge in [-0.05, 0) is 13.3 Å². The van der Waals surface area contributed by atoms with Crippen LogP contribution in [0.15, 0.2) is 5.16 Å². The minimum atomic E-state index is -0.560. The van der Waals surface area contributed by atoms with Crippen LogP contribution >= 0.6 is 0 Å². The molecule has 0 bridgehead atoms. The Hall–Kier alpha value is -1.46. The van der Waals surface area contributed by atoms with Crippen molar-refractivity contribution in [2.24, 2.45) is 22.0 Å². The van der Waals surface area contributed by atoms with Crippen LogP contribution in [0.2, 0.25) is 0 Å². The molecule has 1 heterocycles. The van der Waals surface area contributed by atoms with Gasteiger partial charge in [0.2, 0.25) is 11.9 Å². The molecule has 5 N–H and O–H groups in total. The predicted molar refractivity (Wildman–Crippen MR) is 46.9 cm³/mol. The zero-order chi connectivity index (χ0) is 10.1. The molecule has 1 saturated heterocycles. The van der Waals surface area contributed by atoms with Crippen LogP contribution in [0.5, 0.6) is 0 Å². The zero-order valence-corrected chi connectivity index (χ0v) is 7.53. The lowest BCUT2D eigenvalue weighted by Crippen LogP contribution is -2.41. The van der Waals surface area contributed by atoms with Crippen molar-refractivity contribution < 1.29 is 10.0 Å². The van der Waals surface area contributed by atoms with E-state index < -0.39 is 5.41 Å². The molecule has 1 aliphatic rings. The summed E-state index contributed by atoms with van der Waals surface area (Å²) in [4.78, 5) is 12.7. The lowest BCUT2D eigenvalue weighted by molar-refractivity contribution is -0.126. The molecule has 1 aliphatic heterocycles. The molecule has 1 fully saturated rings. The summed E-state index contributed by atoms with van der Waals surface area (Å²) in [6.07, 6.45) is 0.637. The third-order valence-electron chi connectivity index (χ3n) is 2.49. The van der Waals surface area contributed by atoms with Crippen LogP contribution in [0.25, 0.3) is 0 Å². The number of guanidine groups is 1. The molecule has 6 nitrogen and oxygen atoms in total. The van der Waals surface area contributed by atoms with Gasteiger partial charge in [-0.3, -0.25) is 4.79 Å². The first kappa shape index (κ1) is 9.63. The second-order valence-corrected chi connectivity index (χ2v) is 3.55. The maximum atomic E-state index is 11.0. The number of carbonyl (C=O) groups excluding carboxylic acids is 1. The van der Waals surface area contributed by atoms with E-state index in [1.807, 2.05) is 0 Å². The highest BCUT2D eigenvalue weighted by Crippen LogP contribution is 2.28. The summed E-state index contributed by atoms with van der Waals surface area (Å²) in [5, 5.41) is 11.3. The minimum Gasteiger partial charge on any atom is -0.408 e. The Bertz CT molecular complexity index is 253.